The first-order valence-corrected chi connectivity index (χ1v) is 8.09. The van der Waals surface area contributed by atoms with E-state index in [-0.39, 0.29) is 6.04 Å². The summed E-state index contributed by atoms with van der Waals surface area (Å²) in [7, 11) is 0. The highest BCUT2D eigenvalue weighted by Gasteiger charge is 2.42. The Morgan fingerprint density at radius 2 is 1.62 bits per heavy atom. The fourth-order valence-corrected chi connectivity index (χ4v) is 3.24. The minimum atomic E-state index is -0.838. The fourth-order valence-electron chi connectivity index (χ4n) is 3.24. The summed E-state index contributed by atoms with van der Waals surface area (Å²) in [6.07, 6.45) is 0. The van der Waals surface area contributed by atoms with Gasteiger partial charge in [-0.2, -0.15) is 5.10 Å². The molecule has 0 bridgehead atoms. The van der Waals surface area contributed by atoms with Crippen LogP contribution in [0.15, 0.2) is 47.6 Å². The molecular formula is C20H22N2O2. The van der Waals surface area contributed by atoms with Crippen molar-refractivity contribution >= 4 is 17.4 Å². The second kappa shape index (κ2) is 6.11. The summed E-state index contributed by atoms with van der Waals surface area (Å²) in [5.41, 5.74) is 5.93. The number of anilines is 1. The van der Waals surface area contributed by atoms with E-state index in [1.807, 2.05) is 50.0 Å². The average molecular weight is 322 g/mol. The van der Waals surface area contributed by atoms with Gasteiger partial charge in [0.1, 0.15) is 5.92 Å². The number of carboxylic acids is 1. The highest BCUT2D eigenvalue weighted by molar-refractivity contribution is 6.03. The lowest BCUT2D eigenvalue weighted by molar-refractivity contribution is -0.139. The van der Waals surface area contributed by atoms with Gasteiger partial charge in [-0.25, -0.2) is 0 Å². The smallest absolute Gasteiger partial charge is 0.314 e. The van der Waals surface area contributed by atoms with Crippen LogP contribution in [0.5, 0.6) is 0 Å². The van der Waals surface area contributed by atoms with Gasteiger partial charge >= 0.3 is 5.97 Å². The van der Waals surface area contributed by atoms with E-state index >= 15 is 0 Å². The number of rotatable bonds is 3. The van der Waals surface area contributed by atoms with Gasteiger partial charge in [0.25, 0.3) is 0 Å². The van der Waals surface area contributed by atoms with Crippen molar-refractivity contribution < 1.29 is 9.90 Å². The molecule has 0 spiro atoms. The Morgan fingerprint density at radius 3 is 2.25 bits per heavy atom. The maximum Gasteiger partial charge on any atom is 0.314 e. The zero-order valence-electron chi connectivity index (χ0n) is 14.4. The summed E-state index contributed by atoms with van der Waals surface area (Å²) in [6.45, 7) is 7.88. The van der Waals surface area contributed by atoms with Crippen molar-refractivity contribution in [1.29, 1.82) is 0 Å². The number of hydrazone groups is 1. The van der Waals surface area contributed by atoms with Crippen LogP contribution in [0.4, 0.5) is 5.69 Å². The van der Waals surface area contributed by atoms with Crippen LogP contribution >= 0.6 is 0 Å². The van der Waals surface area contributed by atoms with Crippen molar-refractivity contribution in [2.24, 2.45) is 11.0 Å². The Hall–Kier alpha value is -2.62. The summed E-state index contributed by atoms with van der Waals surface area (Å²) in [5, 5.41) is 16.2. The molecule has 0 aliphatic carbocycles. The van der Waals surface area contributed by atoms with Gasteiger partial charge in [-0.3, -0.25) is 9.80 Å². The van der Waals surface area contributed by atoms with E-state index in [4.69, 9.17) is 0 Å². The molecule has 0 aromatic heterocycles. The molecule has 0 amide bonds. The predicted octanol–water partition coefficient (Wildman–Crippen LogP) is 4.25. The van der Waals surface area contributed by atoms with Crippen molar-refractivity contribution in [2.75, 3.05) is 5.01 Å². The van der Waals surface area contributed by atoms with Crippen molar-refractivity contribution in [3.05, 3.63) is 64.7 Å². The van der Waals surface area contributed by atoms with Crippen LogP contribution in [-0.2, 0) is 4.79 Å². The van der Waals surface area contributed by atoms with Gasteiger partial charge in [-0.15, -0.1) is 0 Å². The third-order valence-corrected chi connectivity index (χ3v) is 4.59. The van der Waals surface area contributed by atoms with Gasteiger partial charge in [0.2, 0.25) is 0 Å². The molecule has 2 unspecified atom stereocenters. The summed E-state index contributed by atoms with van der Waals surface area (Å²) < 4.78 is 0. The van der Waals surface area contributed by atoms with E-state index in [1.165, 1.54) is 0 Å². The number of nitrogens with zero attached hydrogens (tertiary/aromatic N) is 2. The third-order valence-electron chi connectivity index (χ3n) is 4.59. The largest absolute Gasteiger partial charge is 0.481 e. The molecule has 1 aliphatic rings. The van der Waals surface area contributed by atoms with Crippen molar-refractivity contribution in [3.63, 3.8) is 0 Å². The van der Waals surface area contributed by atoms with Crippen LogP contribution in [-0.4, -0.2) is 16.8 Å². The quantitative estimate of drug-likeness (QED) is 0.919. The van der Waals surface area contributed by atoms with Gasteiger partial charge in [0.15, 0.2) is 0 Å². The normalized spacial score (nSPS) is 20.2. The molecule has 0 saturated carbocycles. The Labute approximate surface area is 142 Å². The van der Waals surface area contributed by atoms with E-state index in [2.05, 4.69) is 23.3 Å². The summed E-state index contributed by atoms with van der Waals surface area (Å²) in [6, 6.07) is 13.9. The van der Waals surface area contributed by atoms with Crippen LogP contribution in [0.3, 0.4) is 0 Å². The van der Waals surface area contributed by atoms with Crippen molar-refractivity contribution in [3.8, 4) is 0 Å². The van der Waals surface area contributed by atoms with Gasteiger partial charge in [0, 0.05) is 0 Å². The number of benzene rings is 2. The molecule has 1 heterocycles. The fraction of sp³-hybridized carbons (Fsp3) is 0.300. The molecule has 0 radical (unpaired) electrons. The van der Waals surface area contributed by atoms with Gasteiger partial charge in [0.05, 0.1) is 17.4 Å². The lowest BCUT2D eigenvalue weighted by atomic mass is 9.89. The van der Waals surface area contributed by atoms with E-state index in [9.17, 15) is 9.90 Å². The van der Waals surface area contributed by atoms with Gasteiger partial charge in [-0.1, -0.05) is 42.0 Å². The molecule has 1 aliphatic heterocycles. The monoisotopic (exact) mass is 322 g/mol. The van der Waals surface area contributed by atoms with Crippen LogP contribution in [0.1, 0.15) is 35.2 Å². The maximum atomic E-state index is 11.9. The first kappa shape index (κ1) is 16.2. The van der Waals surface area contributed by atoms with E-state index in [0.29, 0.717) is 5.71 Å². The van der Waals surface area contributed by atoms with E-state index < -0.39 is 11.9 Å². The number of aryl methyl sites for hydroxylation is 3. The first-order chi connectivity index (χ1) is 11.4. The molecule has 4 nitrogen and oxygen atoms in total. The molecule has 4 heteroatoms. The second-order valence-electron chi connectivity index (χ2n) is 6.55. The van der Waals surface area contributed by atoms with Crippen molar-refractivity contribution in [1.82, 2.24) is 0 Å². The number of hydrogen-bond acceptors (Lipinski definition) is 3. The SMILES string of the molecule is CC1=NN(c2cc(C)ccc2C)C(c2ccc(C)cc2)C1C(=O)O. The molecule has 0 saturated heterocycles. The maximum absolute atomic E-state index is 11.9. The number of aliphatic carboxylic acids is 1. The second-order valence-corrected chi connectivity index (χ2v) is 6.55. The Morgan fingerprint density at radius 1 is 1.00 bits per heavy atom. The van der Waals surface area contributed by atoms with Gasteiger partial charge < -0.3 is 5.11 Å². The van der Waals surface area contributed by atoms with Crippen LogP contribution in [0.2, 0.25) is 0 Å². The lowest BCUT2D eigenvalue weighted by Gasteiger charge is -2.28. The van der Waals surface area contributed by atoms with E-state index in [0.717, 1.165) is 27.9 Å². The molecule has 24 heavy (non-hydrogen) atoms. The minimum Gasteiger partial charge on any atom is -0.481 e. The van der Waals surface area contributed by atoms with E-state index in [1.54, 1.807) is 6.92 Å². The highest BCUT2D eigenvalue weighted by Crippen LogP contribution is 2.40. The molecule has 0 fully saturated rings. The van der Waals surface area contributed by atoms with Crippen LogP contribution in [0.25, 0.3) is 0 Å². The summed E-state index contributed by atoms with van der Waals surface area (Å²) in [5.74, 6) is -1.48. The standard InChI is InChI=1S/C20H22N2O2/c1-12-6-9-16(10-7-12)19-18(20(23)24)15(4)21-22(19)17-11-13(2)5-8-14(17)3/h5-11,18-19H,1-4H3,(H,23,24). The predicted molar refractivity (Wildman–Crippen MR) is 96.5 cm³/mol. The Balaban J connectivity index is 2.14. The highest BCUT2D eigenvalue weighted by atomic mass is 16.4. The molecule has 2 aromatic carbocycles. The Bertz CT molecular complexity index is 809. The zero-order chi connectivity index (χ0) is 17.4. The van der Waals surface area contributed by atoms with Crippen LogP contribution in [0, 0.1) is 26.7 Å². The summed E-state index contributed by atoms with van der Waals surface area (Å²) in [4.78, 5) is 11.9. The Kier molecular flexibility index (Phi) is 4.14. The lowest BCUT2D eigenvalue weighted by Crippen LogP contribution is -2.30. The average Bonchev–Trinajstić information content (AvgIpc) is 2.88. The van der Waals surface area contributed by atoms with Gasteiger partial charge in [-0.05, 0) is 50.5 Å². The number of carboxylic acid groups (broad SMARTS) is 1. The molecule has 2 aromatic rings. The first-order valence-electron chi connectivity index (χ1n) is 8.09. The minimum absolute atomic E-state index is 0.330. The summed E-state index contributed by atoms with van der Waals surface area (Å²) >= 11 is 0. The third kappa shape index (κ3) is 2.80. The van der Waals surface area contributed by atoms with Crippen molar-refractivity contribution in [2.45, 2.75) is 33.7 Å². The molecule has 3 rings (SSSR count). The number of carbonyl (C=O) groups is 1. The zero-order valence-corrected chi connectivity index (χ0v) is 14.4. The molecule has 1 N–H and O–H groups in total. The molecule has 2 atom stereocenters. The number of hydrogen-bond donors (Lipinski definition) is 1. The van der Waals surface area contributed by atoms with Crippen LogP contribution < -0.4 is 5.01 Å². The molecule has 124 valence electrons. The molecular weight excluding hydrogens is 300 g/mol. The topological polar surface area (TPSA) is 52.9 Å².